The van der Waals surface area contributed by atoms with E-state index in [-0.39, 0.29) is 5.75 Å². The van der Waals surface area contributed by atoms with E-state index in [0.717, 1.165) is 23.0 Å². The first-order chi connectivity index (χ1) is 10.1. The quantitative estimate of drug-likeness (QED) is 0.880. The number of aryl methyl sites for hydroxylation is 2. The number of aromatic hydroxyl groups is 1. The second kappa shape index (κ2) is 5.13. The van der Waals surface area contributed by atoms with Crippen LogP contribution in [0.2, 0.25) is 0 Å². The van der Waals surface area contributed by atoms with Gasteiger partial charge in [0.05, 0.1) is 0 Å². The van der Waals surface area contributed by atoms with Crippen LogP contribution in [-0.2, 0) is 11.3 Å². The van der Waals surface area contributed by atoms with Crippen LogP contribution in [0.4, 0.5) is 5.69 Å². The van der Waals surface area contributed by atoms with Gasteiger partial charge in [0.1, 0.15) is 17.2 Å². The molecule has 0 aliphatic carbocycles. The van der Waals surface area contributed by atoms with Crippen LogP contribution in [0.3, 0.4) is 0 Å². The first-order valence-electron chi connectivity index (χ1n) is 6.87. The van der Waals surface area contributed by atoms with Gasteiger partial charge >= 0.3 is 0 Å². The number of benzene rings is 2. The lowest BCUT2D eigenvalue weighted by molar-refractivity contribution is -0.113. The number of para-hydroxylation sites is 1. The number of aldehydes is 1. The lowest BCUT2D eigenvalue weighted by atomic mass is 10.0. The maximum absolute atomic E-state index is 11.3. The summed E-state index contributed by atoms with van der Waals surface area (Å²) in [6.45, 7) is 4.58. The maximum Gasteiger partial charge on any atom is 0.229 e. The normalized spacial score (nSPS) is 16.5. The first kappa shape index (κ1) is 13.5. The van der Waals surface area contributed by atoms with E-state index in [0.29, 0.717) is 18.0 Å². The number of hydrogen-bond acceptors (Lipinski definition) is 4. The summed E-state index contributed by atoms with van der Waals surface area (Å²) < 4.78 is 5.59. The average Bonchev–Trinajstić information content (AvgIpc) is 2.82. The average molecular weight is 283 g/mol. The molecule has 1 aliphatic heterocycles. The van der Waals surface area contributed by atoms with Crippen LogP contribution in [0.5, 0.6) is 11.5 Å². The third-order valence-corrected chi connectivity index (χ3v) is 3.78. The molecule has 0 spiro atoms. The lowest BCUT2D eigenvalue weighted by Crippen LogP contribution is -2.35. The highest BCUT2D eigenvalue weighted by atomic mass is 16.5. The summed E-state index contributed by atoms with van der Waals surface area (Å²) in [4.78, 5) is 13.1. The molecular formula is C17H17NO3. The van der Waals surface area contributed by atoms with Gasteiger partial charge < -0.3 is 14.7 Å². The number of rotatable bonds is 3. The molecule has 2 aromatic carbocycles. The van der Waals surface area contributed by atoms with E-state index in [1.807, 2.05) is 13.8 Å². The molecule has 1 unspecified atom stereocenters. The molecule has 108 valence electrons. The molecule has 1 aliphatic rings. The first-order valence-corrected chi connectivity index (χ1v) is 6.87. The maximum atomic E-state index is 11.3. The molecule has 1 atom stereocenters. The largest absolute Gasteiger partial charge is 0.506 e. The number of phenolic OH excluding ortho intramolecular Hbond substituents is 1. The number of hydrogen-bond donors (Lipinski definition) is 1. The summed E-state index contributed by atoms with van der Waals surface area (Å²) in [7, 11) is 0. The van der Waals surface area contributed by atoms with E-state index < -0.39 is 6.23 Å². The molecule has 0 amide bonds. The minimum absolute atomic E-state index is 0.127. The van der Waals surface area contributed by atoms with E-state index in [1.54, 1.807) is 23.1 Å². The topological polar surface area (TPSA) is 49.8 Å². The number of fused-ring (bicyclic) bond motifs is 1. The van der Waals surface area contributed by atoms with E-state index in [9.17, 15) is 9.90 Å². The molecule has 4 nitrogen and oxygen atoms in total. The Morgan fingerprint density at radius 3 is 2.86 bits per heavy atom. The molecule has 4 heteroatoms. The Kier molecular flexibility index (Phi) is 3.29. The predicted octanol–water partition coefficient (Wildman–Crippen LogP) is 2.93. The predicted molar refractivity (Wildman–Crippen MR) is 80.7 cm³/mol. The van der Waals surface area contributed by atoms with Crippen molar-refractivity contribution in [3.05, 3.63) is 53.1 Å². The number of carbonyl (C=O) groups excluding carboxylic acids is 1. The molecule has 0 bridgehead atoms. The summed E-state index contributed by atoms with van der Waals surface area (Å²) in [6.07, 6.45) is 0.0538. The highest BCUT2D eigenvalue weighted by Gasteiger charge is 2.33. The van der Waals surface area contributed by atoms with Crippen molar-refractivity contribution in [3.8, 4) is 11.5 Å². The van der Waals surface area contributed by atoms with E-state index in [1.165, 1.54) is 0 Å². The summed E-state index contributed by atoms with van der Waals surface area (Å²) in [5, 5.41) is 10.1. The van der Waals surface area contributed by atoms with Crippen molar-refractivity contribution in [2.45, 2.75) is 26.6 Å². The van der Waals surface area contributed by atoms with Crippen molar-refractivity contribution in [3.63, 3.8) is 0 Å². The second-order valence-electron chi connectivity index (χ2n) is 5.33. The number of phenols is 1. The zero-order valence-corrected chi connectivity index (χ0v) is 12.0. The Labute approximate surface area is 123 Å². The van der Waals surface area contributed by atoms with Crippen LogP contribution in [0.25, 0.3) is 0 Å². The van der Waals surface area contributed by atoms with E-state index >= 15 is 0 Å². The molecule has 0 saturated carbocycles. The summed E-state index contributed by atoms with van der Waals surface area (Å²) in [5.74, 6) is 0.666. The molecule has 21 heavy (non-hydrogen) atoms. The molecular weight excluding hydrogens is 266 g/mol. The number of ether oxygens (including phenoxy) is 1. The van der Waals surface area contributed by atoms with Crippen LogP contribution >= 0.6 is 0 Å². The van der Waals surface area contributed by atoms with Gasteiger partial charge in [0.25, 0.3) is 0 Å². The SMILES string of the molecule is Cc1ccc(C)c(CN2c3c(O)cccc3OC2C=O)c1. The Hall–Kier alpha value is -2.49. The van der Waals surface area contributed by atoms with Gasteiger partial charge in [-0.3, -0.25) is 4.79 Å². The van der Waals surface area contributed by atoms with Gasteiger partial charge in [-0.2, -0.15) is 0 Å². The zero-order valence-electron chi connectivity index (χ0n) is 12.0. The fraction of sp³-hybridized carbons (Fsp3) is 0.235. The fourth-order valence-corrected chi connectivity index (χ4v) is 2.64. The van der Waals surface area contributed by atoms with Gasteiger partial charge in [-0.15, -0.1) is 0 Å². The standard InChI is InChI=1S/C17H17NO3/c1-11-6-7-12(2)13(8-11)9-18-16(10-19)21-15-5-3-4-14(20)17(15)18/h3-8,10,16,20H,9H2,1-2H3. The molecule has 0 radical (unpaired) electrons. The van der Waals surface area contributed by atoms with Crippen molar-refractivity contribution in [1.29, 1.82) is 0 Å². The molecule has 0 fully saturated rings. The molecule has 2 aromatic rings. The van der Waals surface area contributed by atoms with Gasteiger partial charge in [-0.05, 0) is 37.1 Å². The summed E-state index contributed by atoms with van der Waals surface area (Å²) >= 11 is 0. The van der Waals surface area contributed by atoms with Crippen LogP contribution in [-0.4, -0.2) is 17.6 Å². The van der Waals surface area contributed by atoms with Gasteiger partial charge in [-0.25, -0.2) is 0 Å². The Morgan fingerprint density at radius 1 is 1.29 bits per heavy atom. The minimum Gasteiger partial charge on any atom is -0.506 e. The van der Waals surface area contributed by atoms with Crippen LogP contribution in [0.15, 0.2) is 36.4 Å². The zero-order chi connectivity index (χ0) is 15.0. The third kappa shape index (κ3) is 2.33. The Balaban J connectivity index is 2.01. The third-order valence-electron chi connectivity index (χ3n) is 3.78. The van der Waals surface area contributed by atoms with Crippen LogP contribution in [0, 0.1) is 13.8 Å². The van der Waals surface area contributed by atoms with E-state index in [4.69, 9.17) is 4.74 Å². The Bertz CT molecular complexity index is 696. The van der Waals surface area contributed by atoms with Crippen LogP contribution < -0.4 is 9.64 Å². The van der Waals surface area contributed by atoms with Crippen molar-refractivity contribution >= 4 is 12.0 Å². The van der Waals surface area contributed by atoms with Gasteiger partial charge in [0.15, 0.2) is 6.29 Å². The fourth-order valence-electron chi connectivity index (χ4n) is 2.64. The minimum atomic E-state index is -0.701. The van der Waals surface area contributed by atoms with Gasteiger partial charge in [0, 0.05) is 6.54 Å². The van der Waals surface area contributed by atoms with Crippen molar-refractivity contribution < 1.29 is 14.6 Å². The van der Waals surface area contributed by atoms with Crippen molar-refractivity contribution in [2.75, 3.05) is 4.90 Å². The molecule has 0 saturated heterocycles. The number of anilines is 1. The van der Waals surface area contributed by atoms with Crippen molar-refractivity contribution in [2.24, 2.45) is 0 Å². The second-order valence-corrected chi connectivity index (χ2v) is 5.33. The number of carbonyl (C=O) groups is 1. The van der Waals surface area contributed by atoms with Gasteiger partial charge in [-0.1, -0.05) is 29.8 Å². The smallest absolute Gasteiger partial charge is 0.229 e. The molecule has 0 aromatic heterocycles. The van der Waals surface area contributed by atoms with Crippen molar-refractivity contribution in [1.82, 2.24) is 0 Å². The van der Waals surface area contributed by atoms with Gasteiger partial charge in [0.2, 0.25) is 6.23 Å². The molecule has 1 heterocycles. The van der Waals surface area contributed by atoms with Crippen LogP contribution in [0.1, 0.15) is 16.7 Å². The Morgan fingerprint density at radius 2 is 2.10 bits per heavy atom. The molecule has 3 rings (SSSR count). The van der Waals surface area contributed by atoms with E-state index in [2.05, 4.69) is 18.2 Å². The highest BCUT2D eigenvalue weighted by molar-refractivity contribution is 5.77. The summed E-state index contributed by atoms with van der Waals surface area (Å²) in [6, 6.07) is 11.3. The number of nitrogens with zero attached hydrogens (tertiary/aromatic N) is 1. The lowest BCUT2D eigenvalue weighted by Gasteiger charge is -2.23. The highest BCUT2D eigenvalue weighted by Crippen LogP contribution is 2.44. The molecule has 1 N–H and O–H groups in total. The monoisotopic (exact) mass is 283 g/mol. The summed E-state index contributed by atoms with van der Waals surface area (Å²) in [5.41, 5.74) is 4.00.